The summed E-state index contributed by atoms with van der Waals surface area (Å²) in [6, 6.07) is 9.62. The molecule has 3 rings (SSSR count). The Kier molecular flexibility index (Phi) is 5.47. The molecular formula is C16H16BrN3O2S2. The number of halogens is 1. The van der Waals surface area contributed by atoms with Crippen LogP contribution >= 0.6 is 39.5 Å². The lowest BCUT2D eigenvalue weighted by Gasteiger charge is -2.25. The zero-order valence-electron chi connectivity index (χ0n) is 12.9. The number of pyridine rings is 1. The zero-order chi connectivity index (χ0) is 17.1. The van der Waals surface area contributed by atoms with E-state index in [0.29, 0.717) is 11.7 Å². The fraction of sp³-hybridized carbons (Fsp3) is 0.312. The molecule has 0 saturated carbocycles. The maximum Gasteiger partial charge on any atom is 0.325 e. The van der Waals surface area contributed by atoms with E-state index in [1.807, 2.05) is 35.2 Å². The van der Waals surface area contributed by atoms with Crippen LogP contribution in [0.3, 0.4) is 0 Å². The van der Waals surface area contributed by atoms with Crippen LogP contribution in [0.15, 0.2) is 40.3 Å². The van der Waals surface area contributed by atoms with Crippen LogP contribution in [0.2, 0.25) is 0 Å². The number of aromatic nitrogens is 1. The van der Waals surface area contributed by atoms with Gasteiger partial charge < -0.3 is 15.0 Å². The second-order valence-corrected chi connectivity index (χ2v) is 8.08. The third-order valence-electron chi connectivity index (χ3n) is 3.69. The van der Waals surface area contributed by atoms with Crippen LogP contribution in [0.4, 0.5) is 0 Å². The Morgan fingerprint density at radius 3 is 2.92 bits per heavy atom. The van der Waals surface area contributed by atoms with Gasteiger partial charge in [0, 0.05) is 11.1 Å². The van der Waals surface area contributed by atoms with Gasteiger partial charge in [0.25, 0.3) is 0 Å². The maximum absolute atomic E-state index is 12.0. The van der Waals surface area contributed by atoms with Crippen molar-refractivity contribution in [3.63, 3.8) is 0 Å². The molecule has 1 aliphatic rings. The van der Waals surface area contributed by atoms with E-state index in [9.17, 15) is 4.79 Å². The summed E-state index contributed by atoms with van der Waals surface area (Å²) in [6.45, 7) is 2.26. The number of hydrogen-bond acceptors (Lipinski definition) is 5. The zero-order valence-corrected chi connectivity index (χ0v) is 16.2. The lowest BCUT2D eigenvalue weighted by molar-refractivity contribution is -0.143. The summed E-state index contributed by atoms with van der Waals surface area (Å²) in [5.41, 5.74) is 0.890. The highest BCUT2D eigenvalue weighted by atomic mass is 79.9. The van der Waals surface area contributed by atoms with E-state index >= 15 is 0 Å². The standard InChI is InChI=1S/C16H16BrN3O2S2/c1-2-22-13(21)9-20-15(11-6-7-12(17)24-11)14(19-16(20)23)10-5-3-4-8-18-10/h3-8,14-15H,2,9H2,1H3,(H,19,23)/t14-,15-/m1/s1. The van der Waals surface area contributed by atoms with Crippen LogP contribution < -0.4 is 5.32 Å². The fourth-order valence-corrected chi connectivity index (χ4v) is 4.60. The SMILES string of the molecule is CCOC(=O)CN1C(=S)N[C@H](c2ccccn2)[C@H]1c1ccc(Br)s1. The van der Waals surface area contributed by atoms with Gasteiger partial charge in [-0.25, -0.2) is 0 Å². The van der Waals surface area contributed by atoms with Crippen molar-refractivity contribution in [1.29, 1.82) is 0 Å². The molecule has 24 heavy (non-hydrogen) atoms. The average molecular weight is 426 g/mol. The number of nitrogens with zero attached hydrogens (tertiary/aromatic N) is 2. The Bertz CT molecular complexity index is 738. The number of nitrogens with one attached hydrogen (secondary N) is 1. The van der Waals surface area contributed by atoms with Gasteiger partial charge in [-0.3, -0.25) is 9.78 Å². The molecular weight excluding hydrogens is 410 g/mol. The van der Waals surface area contributed by atoms with Crippen LogP contribution in [0.1, 0.15) is 29.6 Å². The van der Waals surface area contributed by atoms with Crippen LogP contribution in [0.5, 0.6) is 0 Å². The molecule has 3 heterocycles. The second kappa shape index (κ2) is 7.58. The molecule has 0 amide bonds. The summed E-state index contributed by atoms with van der Waals surface area (Å²) < 4.78 is 6.13. The van der Waals surface area contributed by atoms with E-state index in [2.05, 4.69) is 26.2 Å². The van der Waals surface area contributed by atoms with Gasteiger partial charge in [0.2, 0.25) is 0 Å². The molecule has 0 unspecified atom stereocenters. The Balaban J connectivity index is 1.95. The number of thiocarbonyl (C=S) groups is 1. The van der Waals surface area contributed by atoms with Crippen molar-refractivity contribution in [3.05, 3.63) is 50.9 Å². The normalized spacial score (nSPS) is 20.1. The van der Waals surface area contributed by atoms with Crippen molar-refractivity contribution < 1.29 is 9.53 Å². The van der Waals surface area contributed by atoms with Gasteiger partial charge in [-0.1, -0.05) is 6.07 Å². The van der Waals surface area contributed by atoms with Crippen molar-refractivity contribution in [3.8, 4) is 0 Å². The van der Waals surface area contributed by atoms with Crippen molar-refractivity contribution in [1.82, 2.24) is 15.2 Å². The minimum atomic E-state index is -0.288. The third-order valence-corrected chi connectivity index (χ3v) is 5.73. The Labute approximate surface area is 158 Å². The minimum absolute atomic E-state index is 0.104. The molecule has 0 spiro atoms. The van der Waals surface area contributed by atoms with Crippen molar-refractivity contribution in [2.45, 2.75) is 19.0 Å². The highest BCUT2D eigenvalue weighted by molar-refractivity contribution is 9.11. The summed E-state index contributed by atoms with van der Waals surface area (Å²) in [4.78, 5) is 19.4. The first-order valence-corrected chi connectivity index (χ1v) is 9.51. The predicted octanol–water partition coefficient (Wildman–Crippen LogP) is 3.44. The first-order valence-electron chi connectivity index (χ1n) is 7.49. The van der Waals surface area contributed by atoms with Gasteiger partial charge in [-0.05, 0) is 59.3 Å². The Hall–Kier alpha value is -1.51. The van der Waals surface area contributed by atoms with Gasteiger partial charge in [-0.15, -0.1) is 11.3 Å². The topological polar surface area (TPSA) is 54.5 Å². The van der Waals surface area contributed by atoms with Crippen LogP contribution in [0, 0.1) is 0 Å². The number of thiophene rings is 1. The maximum atomic E-state index is 12.0. The molecule has 126 valence electrons. The third kappa shape index (κ3) is 3.60. The molecule has 5 nitrogen and oxygen atoms in total. The number of ether oxygens (including phenoxy) is 1. The number of rotatable bonds is 5. The lowest BCUT2D eigenvalue weighted by atomic mass is 10.0. The van der Waals surface area contributed by atoms with Gasteiger partial charge in [0.1, 0.15) is 6.54 Å². The van der Waals surface area contributed by atoms with Gasteiger partial charge >= 0.3 is 5.97 Å². The first-order chi connectivity index (χ1) is 11.6. The highest BCUT2D eigenvalue weighted by Crippen LogP contribution is 2.42. The molecule has 1 aliphatic heterocycles. The molecule has 0 aromatic carbocycles. The molecule has 0 aliphatic carbocycles. The number of carbonyl (C=O) groups is 1. The molecule has 2 aromatic rings. The molecule has 0 radical (unpaired) electrons. The summed E-state index contributed by atoms with van der Waals surface area (Å²) in [5, 5.41) is 3.84. The molecule has 0 bridgehead atoms. The van der Waals surface area contributed by atoms with E-state index in [1.165, 1.54) is 0 Å². The summed E-state index contributed by atoms with van der Waals surface area (Å²) >= 11 is 10.6. The lowest BCUT2D eigenvalue weighted by Crippen LogP contribution is -2.35. The van der Waals surface area contributed by atoms with Gasteiger partial charge in [0.15, 0.2) is 5.11 Å². The molecule has 1 N–H and O–H groups in total. The molecule has 2 atom stereocenters. The van der Waals surface area contributed by atoms with Crippen molar-refractivity contribution >= 4 is 50.6 Å². The predicted molar refractivity (Wildman–Crippen MR) is 101 cm³/mol. The quantitative estimate of drug-likeness (QED) is 0.584. The Morgan fingerprint density at radius 2 is 2.29 bits per heavy atom. The van der Waals surface area contributed by atoms with Crippen molar-refractivity contribution in [2.24, 2.45) is 0 Å². The van der Waals surface area contributed by atoms with Crippen molar-refractivity contribution in [2.75, 3.05) is 13.2 Å². The number of carbonyl (C=O) groups excluding carboxylic acids is 1. The summed E-state index contributed by atoms with van der Waals surface area (Å²) in [7, 11) is 0. The Morgan fingerprint density at radius 1 is 1.46 bits per heavy atom. The van der Waals surface area contributed by atoms with E-state index in [1.54, 1.807) is 24.5 Å². The largest absolute Gasteiger partial charge is 0.465 e. The van der Waals surface area contributed by atoms with Gasteiger partial charge in [-0.2, -0.15) is 0 Å². The van der Waals surface area contributed by atoms with Crippen LogP contribution in [-0.4, -0.2) is 34.1 Å². The van der Waals surface area contributed by atoms with E-state index in [-0.39, 0.29) is 24.6 Å². The summed E-state index contributed by atoms with van der Waals surface area (Å²) in [6.07, 6.45) is 1.76. The monoisotopic (exact) mass is 425 g/mol. The van der Waals surface area contributed by atoms with Gasteiger partial charge in [0.05, 0.1) is 28.2 Å². The fourth-order valence-electron chi connectivity index (χ4n) is 2.72. The average Bonchev–Trinajstić information content (AvgIpc) is 3.13. The smallest absolute Gasteiger partial charge is 0.325 e. The van der Waals surface area contributed by atoms with E-state index in [4.69, 9.17) is 17.0 Å². The van der Waals surface area contributed by atoms with Crippen LogP contribution in [0.25, 0.3) is 0 Å². The molecule has 1 saturated heterocycles. The van der Waals surface area contributed by atoms with E-state index in [0.717, 1.165) is 14.4 Å². The van der Waals surface area contributed by atoms with E-state index < -0.39 is 0 Å². The second-order valence-electron chi connectivity index (χ2n) is 5.20. The number of hydrogen-bond donors (Lipinski definition) is 1. The minimum Gasteiger partial charge on any atom is -0.465 e. The number of esters is 1. The molecule has 2 aromatic heterocycles. The van der Waals surface area contributed by atoms with Crippen LogP contribution in [-0.2, 0) is 9.53 Å². The summed E-state index contributed by atoms with van der Waals surface area (Å²) in [5.74, 6) is -0.288. The molecule has 1 fully saturated rings. The highest BCUT2D eigenvalue weighted by Gasteiger charge is 2.41. The first kappa shape index (κ1) is 17.3. The molecule has 8 heteroatoms.